The van der Waals surface area contributed by atoms with Crippen LogP contribution >= 0.6 is 23.1 Å². The van der Waals surface area contributed by atoms with Crippen LogP contribution in [-0.4, -0.2) is 36.9 Å². The van der Waals surface area contributed by atoms with E-state index in [-0.39, 0.29) is 21.1 Å². The lowest BCUT2D eigenvalue weighted by Crippen LogP contribution is -2.14. The molecule has 2 aromatic carbocycles. The standard InChI is InChI=1S/C16H9F3N6OS2/c17-9-6-10-14(13(19)12(9)18)21-15(28-10)20-11(26)7-27-16-22-23-24-25(16)8-4-2-1-3-5-8/h1-6H,7H2,(H,20,21,26). The number of carbonyl (C=O) groups is 1. The monoisotopic (exact) mass is 422 g/mol. The minimum absolute atomic E-state index is 0.0344. The van der Waals surface area contributed by atoms with Gasteiger partial charge in [-0.2, -0.15) is 4.68 Å². The van der Waals surface area contributed by atoms with Gasteiger partial charge in [-0.3, -0.25) is 4.79 Å². The number of hydrogen-bond donors (Lipinski definition) is 1. The van der Waals surface area contributed by atoms with E-state index in [4.69, 9.17) is 0 Å². The minimum atomic E-state index is -1.60. The Morgan fingerprint density at radius 1 is 1.18 bits per heavy atom. The molecule has 0 saturated heterocycles. The fourth-order valence-electron chi connectivity index (χ4n) is 2.31. The number of tetrazole rings is 1. The van der Waals surface area contributed by atoms with E-state index in [1.54, 1.807) is 0 Å². The SMILES string of the molecule is O=C(CSc1nnnn1-c1ccccc1)Nc1nc2c(F)c(F)c(F)cc2s1. The first kappa shape index (κ1) is 18.4. The number of nitrogens with one attached hydrogen (secondary N) is 1. The second-order valence-electron chi connectivity index (χ2n) is 5.40. The molecule has 142 valence electrons. The third kappa shape index (κ3) is 3.55. The molecule has 2 heterocycles. The Hall–Kier alpha value is -2.99. The van der Waals surface area contributed by atoms with Crippen molar-refractivity contribution >= 4 is 44.4 Å². The number of carbonyl (C=O) groups excluding carboxylic acids is 1. The van der Waals surface area contributed by atoms with Crippen LogP contribution < -0.4 is 5.32 Å². The number of hydrogen-bond acceptors (Lipinski definition) is 7. The number of rotatable bonds is 5. The average Bonchev–Trinajstić information content (AvgIpc) is 3.32. The van der Waals surface area contributed by atoms with Crippen molar-refractivity contribution in [2.24, 2.45) is 0 Å². The van der Waals surface area contributed by atoms with Gasteiger partial charge in [-0.15, -0.1) is 5.10 Å². The van der Waals surface area contributed by atoms with Crippen molar-refractivity contribution in [3.63, 3.8) is 0 Å². The molecule has 1 N–H and O–H groups in total. The predicted octanol–water partition coefficient (Wildman–Crippen LogP) is 3.42. The molecular weight excluding hydrogens is 413 g/mol. The number of aromatic nitrogens is 5. The highest BCUT2D eigenvalue weighted by Gasteiger charge is 2.19. The Morgan fingerprint density at radius 3 is 2.75 bits per heavy atom. The Kier molecular flexibility index (Phi) is 4.96. The lowest BCUT2D eigenvalue weighted by molar-refractivity contribution is -0.113. The number of halogens is 3. The summed E-state index contributed by atoms with van der Waals surface area (Å²) in [6.07, 6.45) is 0. The molecule has 0 aliphatic carbocycles. The maximum Gasteiger partial charge on any atom is 0.236 e. The van der Waals surface area contributed by atoms with E-state index < -0.39 is 23.4 Å². The lowest BCUT2D eigenvalue weighted by Gasteiger charge is -2.03. The van der Waals surface area contributed by atoms with Crippen LogP contribution in [0.2, 0.25) is 0 Å². The normalized spacial score (nSPS) is 11.1. The summed E-state index contributed by atoms with van der Waals surface area (Å²) in [6.45, 7) is 0. The van der Waals surface area contributed by atoms with Crippen molar-refractivity contribution in [1.29, 1.82) is 0 Å². The molecule has 4 aromatic rings. The van der Waals surface area contributed by atoms with Crippen molar-refractivity contribution < 1.29 is 18.0 Å². The highest BCUT2D eigenvalue weighted by atomic mass is 32.2. The van der Waals surface area contributed by atoms with Gasteiger partial charge in [-0.1, -0.05) is 41.3 Å². The van der Waals surface area contributed by atoms with E-state index in [1.807, 2.05) is 30.3 Å². The number of nitrogens with zero attached hydrogens (tertiary/aromatic N) is 5. The van der Waals surface area contributed by atoms with Gasteiger partial charge in [0, 0.05) is 0 Å². The summed E-state index contributed by atoms with van der Waals surface area (Å²) in [5, 5.41) is 14.3. The zero-order chi connectivity index (χ0) is 19.7. The average molecular weight is 422 g/mol. The van der Waals surface area contributed by atoms with Gasteiger partial charge in [0.1, 0.15) is 5.52 Å². The maximum absolute atomic E-state index is 13.7. The Labute approximate surface area is 163 Å². The highest BCUT2D eigenvalue weighted by molar-refractivity contribution is 7.99. The number of anilines is 1. The second-order valence-corrected chi connectivity index (χ2v) is 7.37. The van der Waals surface area contributed by atoms with Gasteiger partial charge >= 0.3 is 0 Å². The Bertz CT molecular complexity index is 1160. The molecule has 0 radical (unpaired) electrons. The van der Waals surface area contributed by atoms with Gasteiger partial charge in [0.25, 0.3) is 0 Å². The molecule has 0 aliphatic rings. The number of amides is 1. The first-order valence-corrected chi connectivity index (χ1v) is 9.53. The first-order chi connectivity index (χ1) is 13.5. The van der Waals surface area contributed by atoms with E-state index >= 15 is 0 Å². The van der Waals surface area contributed by atoms with E-state index in [9.17, 15) is 18.0 Å². The van der Waals surface area contributed by atoms with Gasteiger partial charge in [0.05, 0.1) is 16.1 Å². The summed E-state index contributed by atoms with van der Waals surface area (Å²) in [7, 11) is 0. The molecule has 2 aromatic heterocycles. The van der Waals surface area contributed by atoms with E-state index in [0.717, 1.165) is 34.9 Å². The van der Waals surface area contributed by atoms with Crippen LogP contribution in [0.4, 0.5) is 18.3 Å². The quantitative estimate of drug-likeness (QED) is 0.392. The summed E-state index contributed by atoms with van der Waals surface area (Å²) < 4.78 is 41.9. The van der Waals surface area contributed by atoms with Crippen LogP contribution in [0.5, 0.6) is 0 Å². The Morgan fingerprint density at radius 2 is 1.96 bits per heavy atom. The van der Waals surface area contributed by atoms with Gasteiger partial charge < -0.3 is 5.32 Å². The van der Waals surface area contributed by atoms with Gasteiger partial charge in [-0.25, -0.2) is 18.2 Å². The molecule has 1 amide bonds. The van der Waals surface area contributed by atoms with Gasteiger partial charge in [0.2, 0.25) is 11.1 Å². The van der Waals surface area contributed by atoms with Crippen molar-refractivity contribution in [3.05, 3.63) is 53.8 Å². The largest absolute Gasteiger partial charge is 0.301 e. The zero-order valence-electron chi connectivity index (χ0n) is 13.8. The molecular formula is C16H9F3N6OS2. The topological polar surface area (TPSA) is 85.6 Å². The van der Waals surface area contributed by atoms with Crippen LogP contribution in [0.25, 0.3) is 15.9 Å². The molecule has 7 nitrogen and oxygen atoms in total. The highest BCUT2D eigenvalue weighted by Crippen LogP contribution is 2.30. The summed E-state index contributed by atoms with van der Waals surface area (Å²) in [5.74, 6) is -4.79. The number of fused-ring (bicyclic) bond motifs is 1. The summed E-state index contributed by atoms with van der Waals surface area (Å²) in [4.78, 5) is 16.0. The molecule has 0 fully saturated rings. The molecule has 0 unspecified atom stereocenters. The van der Waals surface area contributed by atoms with Crippen LogP contribution in [0, 0.1) is 17.5 Å². The van der Waals surface area contributed by atoms with Crippen LogP contribution in [0.15, 0.2) is 41.6 Å². The summed E-state index contributed by atoms with van der Waals surface area (Å²) in [6, 6.07) is 9.98. The third-order valence-corrected chi connectivity index (χ3v) is 5.38. The molecule has 28 heavy (non-hydrogen) atoms. The fourth-order valence-corrected chi connectivity index (χ4v) is 3.91. The number of thiazole rings is 1. The molecule has 0 bridgehead atoms. The van der Waals surface area contributed by atoms with Crippen LogP contribution in [0.1, 0.15) is 0 Å². The van der Waals surface area contributed by atoms with Gasteiger partial charge in [-0.05, 0) is 28.6 Å². The van der Waals surface area contributed by atoms with Crippen molar-refractivity contribution in [1.82, 2.24) is 25.2 Å². The molecule has 0 spiro atoms. The smallest absolute Gasteiger partial charge is 0.236 e. The first-order valence-electron chi connectivity index (χ1n) is 7.73. The fraction of sp³-hybridized carbons (Fsp3) is 0.0625. The van der Waals surface area contributed by atoms with Gasteiger partial charge in [0.15, 0.2) is 22.6 Å². The molecule has 0 atom stereocenters. The second kappa shape index (κ2) is 7.56. The van der Waals surface area contributed by atoms with Crippen LogP contribution in [0.3, 0.4) is 0 Å². The van der Waals surface area contributed by atoms with Crippen molar-refractivity contribution in [3.8, 4) is 5.69 Å². The zero-order valence-corrected chi connectivity index (χ0v) is 15.4. The Balaban J connectivity index is 1.46. The predicted molar refractivity (Wildman–Crippen MR) is 98.0 cm³/mol. The number of benzene rings is 2. The summed E-state index contributed by atoms with van der Waals surface area (Å²) >= 11 is 1.93. The van der Waals surface area contributed by atoms with Crippen LogP contribution in [-0.2, 0) is 4.79 Å². The minimum Gasteiger partial charge on any atom is -0.301 e. The van der Waals surface area contributed by atoms with E-state index in [1.165, 1.54) is 4.68 Å². The number of thioether (sulfide) groups is 1. The number of para-hydroxylation sites is 1. The van der Waals surface area contributed by atoms with Crippen molar-refractivity contribution in [2.75, 3.05) is 11.1 Å². The van der Waals surface area contributed by atoms with E-state index in [0.29, 0.717) is 5.16 Å². The molecule has 0 saturated carbocycles. The molecule has 0 aliphatic heterocycles. The summed E-state index contributed by atoms with van der Waals surface area (Å²) in [5.41, 5.74) is 0.404. The van der Waals surface area contributed by atoms with Crippen molar-refractivity contribution in [2.45, 2.75) is 5.16 Å². The van der Waals surface area contributed by atoms with E-state index in [2.05, 4.69) is 25.8 Å². The molecule has 12 heteroatoms. The maximum atomic E-state index is 13.7. The lowest BCUT2D eigenvalue weighted by atomic mass is 10.3. The third-order valence-electron chi connectivity index (χ3n) is 3.54. The molecule has 4 rings (SSSR count).